The van der Waals surface area contributed by atoms with Gasteiger partial charge < -0.3 is 9.88 Å². The molecule has 17 heavy (non-hydrogen) atoms. The molecule has 1 aliphatic heterocycles. The molecule has 1 saturated heterocycles. The molecule has 0 bridgehead atoms. The zero-order valence-electron chi connectivity index (χ0n) is 10.1. The lowest BCUT2D eigenvalue weighted by Gasteiger charge is -2.43. The quantitative estimate of drug-likeness (QED) is 0.829. The third-order valence-corrected chi connectivity index (χ3v) is 6.17. The fraction of sp³-hybridized carbons (Fsp3) is 0.545. The normalized spacial score (nSPS) is 25.0. The maximum atomic E-state index is 11.9. The molecule has 1 amide bonds. The lowest BCUT2D eigenvalue weighted by Crippen LogP contribution is -2.66. The topological polar surface area (TPSA) is 68.2 Å². The Labute approximate surface area is 101 Å². The van der Waals surface area contributed by atoms with Gasteiger partial charge in [0, 0.05) is 13.2 Å². The number of nitrogens with zero attached hydrogens (tertiary/aromatic N) is 1. The van der Waals surface area contributed by atoms with Crippen molar-refractivity contribution in [3.8, 4) is 0 Å². The van der Waals surface area contributed by atoms with E-state index >= 15 is 0 Å². The van der Waals surface area contributed by atoms with E-state index in [2.05, 4.69) is 5.32 Å². The van der Waals surface area contributed by atoms with Crippen molar-refractivity contribution >= 4 is 15.7 Å². The molecule has 1 N–H and O–H groups in total. The number of hydrogen-bond donors (Lipinski definition) is 1. The number of carbonyl (C=O) groups excluding carboxylic acids is 1. The van der Waals surface area contributed by atoms with Gasteiger partial charge in [0.2, 0.25) is 0 Å². The molecule has 0 aliphatic carbocycles. The predicted octanol–water partition coefficient (Wildman–Crippen LogP) is 0.331. The van der Waals surface area contributed by atoms with E-state index in [4.69, 9.17) is 0 Å². The highest BCUT2D eigenvalue weighted by molar-refractivity contribution is 7.94. The summed E-state index contributed by atoms with van der Waals surface area (Å²) in [7, 11) is -1.28. The summed E-state index contributed by atoms with van der Waals surface area (Å²) >= 11 is 0. The molecule has 1 atom stereocenters. The van der Waals surface area contributed by atoms with Crippen LogP contribution in [0.1, 0.15) is 24.3 Å². The molecule has 1 aromatic rings. The van der Waals surface area contributed by atoms with Gasteiger partial charge >= 0.3 is 0 Å². The Kier molecular flexibility index (Phi) is 2.57. The van der Waals surface area contributed by atoms with Crippen molar-refractivity contribution < 1.29 is 13.2 Å². The summed E-state index contributed by atoms with van der Waals surface area (Å²) in [5.74, 6) is -0.207. The van der Waals surface area contributed by atoms with Crippen molar-refractivity contribution in [1.29, 1.82) is 0 Å². The van der Waals surface area contributed by atoms with Gasteiger partial charge in [-0.05, 0) is 26.0 Å². The molecule has 0 unspecified atom stereocenters. The zero-order valence-corrected chi connectivity index (χ0v) is 10.9. The molecule has 0 aromatic carbocycles. The Hall–Kier alpha value is -1.30. The Morgan fingerprint density at radius 2 is 2.18 bits per heavy atom. The van der Waals surface area contributed by atoms with E-state index < -0.39 is 14.6 Å². The second kappa shape index (κ2) is 3.60. The minimum Gasteiger partial charge on any atom is -0.347 e. The minimum absolute atomic E-state index is 0.0240. The van der Waals surface area contributed by atoms with Gasteiger partial charge in [0.05, 0.1) is 16.5 Å². The average molecular weight is 256 g/mol. The molecule has 0 saturated carbocycles. The first-order valence-electron chi connectivity index (χ1n) is 5.40. The maximum Gasteiger partial charge on any atom is 0.268 e. The number of aryl methyl sites for hydroxylation is 1. The highest BCUT2D eigenvalue weighted by atomic mass is 32.2. The summed E-state index contributed by atoms with van der Waals surface area (Å²) in [6, 6.07) is 3.17. The van der Waals surface area contributed by atoms with Gasteiger partial charge in [-0.3, -0.25) is 4.79 Å². The van der Waals surface area contributed by atoms with Gasteiger partial charge in [-0.15, -0.1) is 0 Å². The van der Waals surface area contributed by atoms with E-state index in [0.29, 0.717) is 5.69 Å². The van der Waals surface area contributed by atoms with E-state index in [1.807, 2.05) is 0 Å². The van der Waals surface area contributed by atoms with E-state index in [0.717, 1.165) is 0 Å². The van der Waals surface area contributed by atoms with Crippen molar-refractivity contribution in [2.45, 2.75) is 24.6 Å². The molecule has 1 fully saturated rings. The van der Waals surface area contributed by atoms with Crippen LogP contribution < -0.4 is 5.32 Å². The number of carbonyl (C=O) groups is 1. The van der Waals surface area contributed by atoms with Crippen molar-refractivity contribution in [2.24, 2.45) is 7.05 Å². The van der Waals surface area contributed by atoms with Crippen LogP contribution in [0, 0.1) is 0 Å². The van der Waals surface area contributed by atoms with Crippen LogP contribution in [0.15, 0.2) is 18.3 Å². The first-order valence-corrected chi connectivity index (χ1v) is 7.05. The largest absolute Gasteiger partial charge is 0.347 e. The van der Waals surface area contributed by atoms with Crippen LogP contribution in [-0.4, -0.2) is 35.4 Å². The molecule has 2 rings (SSSR count). The Balaban J connectivity index is 2.11. The van der Waals surface area contributed by atoms with Gasteiger partial charge in [-0.1, -0.05) is 0 Å². The van der Waals surface area contributed by atoms with Crippen LogP contribution in [0.3, 0.4) is 0 Å². The molecular weight excluding hydrogens is 240 g/mol. The Bertz CT molecular complexity index is 557. The van der Waals surface area contributed by atoms with Gasteiger partial charge in [0.25, 0.3) is 5.91 Å². The van der Waals surface area contributed by atoms with Crippen LogP contribution in [0.5, 0.6) is 0 Å². The van der Waals surface area contributed by atoms with Crippen LogP contribution in [0.2, 0.25) is 0 Å². The molecule has 1 aromatic heterocycles. The average Bonchev–Trinajstić information content (AvgIpc) is 2.63. The summed E-state index contributed by atoms with van der Waals surface area (Å²) in [6.07, 6.45) is 1.78. The molecule has 0 radical (unpaired) electrons. The fourth-order valence-corrected chi connectivity index (χ4v) is 3.54. The first-order chi connectivity index (χ1) is 7.75. The molecule has 0 spiro atoms. The van der Waals surface area contributed by atoms with Gasteiger partial charge in [0.1, 0.15) is 5.69 Å². The molecule has 1 aliphatic rings. The number of hydrogen-bond acceptors (Lipinski definition) is 3. The highest BCUT2D eigenvalue weighted by Crippen LogP contribution is 2.33. The standard InChI is InChI=1S/C11H16N2O3S/c1-11(2)9(7-17(11,15)16)12-10(14)8-5-4-6-13(8)3/h4-6,9H,7H2,1-3H3,(H,12,14)/t9-/m0/s1. The van der Waals surface area contributed by atoms with Crippen LogP contribution >= 0.6 is 0 Å². The van der Waals surface area contributed by atoms with E-state index in [1.165, 1.54) is 0 Å². The smallest absolute Gasteiger partial charge is 0.268 e. The predicted molar refractivity (Wildman–Crippen MR) is 64.5 cm³/mol. The van der Waals surface area contributed by atoms with E-state index in [9.17, 15) is 13.2 Å². The van der Waals surface area contributed by atoms with Gasteiger partial charge in [0.15, 0.2) is 9.84 Å². The first kappa shape index (κ1) is 12.2. The third-order valence-electron chi connectivity index (χ3n) is 3.51. The molecule has 5 nitrogen and oxygen atoms in total. The molecular formula is C11H16N2O3S. The second-order valence-corrected chi connectivity index (χ2v) is 7.53. The summed E-state index contributed by atoms with van der Waals surface area (Å²) in [4.78, 5) is 11.9. The summed E-state index contributed by atoms with van der Waals surface area (Å²) in [6.45, 7) is 3.28. The van der Waals surface area contributed by atoms with Crippen molar-refractivity contribution in [3.63, 3.8) is 0 Å². The third kappa shape index (κ3) is 1.76. The maximum absolute atomic E-state index is 11.9. The van der Waals surface area contributed by atoms with Gasteiger partial charge in [-0.2, -0.15) is 0 Å². The van der Waals surface area contributed by atoms with Crippen molar-refractivity contribution in [3.05, 3.63) is 24.0 Å². The van der Waals surface area contributed by atoms with Crippen molar-refractivity contribution in [2.75, 3.05) is 5.75 Å². The molecule has 94 valence electrons. The van der Waals surface area contributed by atoms with Gasteiger partial charge in [-0.25, -0.2) is 8.42 Å². The summed E-state index contributed by atoms with van der Waals surface area (Å²) in [5, 5.41) is 2.77. The molecule has 6 heteroatoms. The van der Waals surface area contributed by atoms with Crippen molar-refractivity contribution in [1.82, 2.24) is 9.88 Å². The Morgan fingerprint density at radius 3 is 2.59 bits per heavy atom. The lowest BCUT2D eigenvalue weighted by atomic mass is 10.0. The van der Waals surface area contributed by atoms with Crippen LogP contribution in [-0.2, 0) is 16.9 Å². The highest BCUT2D eigenvalue weighted by Gasteiger charge is 2.54. The number of sulfone groups is 1. The van der Waals surface area contributed by atoms with E-state index in [1.54, 1.807) is 43.8 Å². The SMILES string of the molecule is Cn1cccc1C(=O)N[C@H]1CS(=O)(=O)C1(C)C. The number of nitrogens with one attached hydrogen (secondary N) is 1. The Morgan fingerprint density at radius 1 is 1.53 bits per heavy atom. The number of rotatable bonds is 2. The van der Waals surface area contributed by atoms with Crippen LogP contribution in [0.25, 0.3) is 0 Å². The number of aromatic nitrogens is 1. The summed E-state index contributed by atoms with van der Waals surface area (Å²) in [5.41, 5.74) is 0.532. The van der Waals surface area contributed by atoms with Crippen LogP contribution in [0.4, 0.5) is 0 Å². The lowest BCUT2D eigenvalue weighted by molar-refractivity contribution is 0.0921. The molecule has 2 heterocycles. The van der Waals surface area contributed by atoms with E-state index in [-0.39, 0.29) is 17.7 Å². The second-order valence-electron chi connectivity index (χ2n) is 4.92. The number of amides is 1. The fourth-order valence-electron chi connectivity index (χ4n) is 1.90. The zero-order chi connectivity index (χ0) is 12.8. The monoisotopic (exact) mass is 256 g/mol. The minimum atomic E-state index is -3.05. The summed E-state index contributed by atoms with van der Waals surface area (Å²) < 4.78 is 23.9.